The largest absolute Gasteiger partial charge is 0.497 e. The molecule has 0 amide bonds. The van der Waals surface area contributed by atoms with Crippen molar-refractivity contribution < 1.29 is 14.2 Å². The minimum atomic E-state index is -0.214. The van der Waals surface area contributed by atoms with Gasteiger partial charge in [-0.15, -0.1) is 0 Å². The lowest BCUT2D eigenvalue weighted by Crippen LogP contribution is -2.15. The molecule has 0 fully saturated rings. The Morgan fingerprint density at radius 1 is 1.14 bits per heavy atom. The van der Waals surface area contributed by atoms with Crippen LogP contribution in [0.3, 0.4) is 0 Å². The van der Waals surface area contributed by atoms with Crippen LogP contribution in [0.4, 0.5) is 0 Å². The van der Waals surface area contributed by atoms with Crippen molar-refractivity contribution >= 4 is 0 Å². The van der Waals surface area contributed by atoms with Gasteiger partial charge in [0.05, 0.1) is 7.11 Å². The van der Waals surface area contributed by atoms with Gasteiger partial charge >= 0.3 is 0 Å². The molecule has 0 radical (unpaired) electrons. The van der Waals surface area contributed by atoms with Gasteiger partial charge in [-0.2, -0.15) is 0 Å². The molecule has 1 atom stereocenters. The maximum atomic E-state index is 5.48. The number of methoxy groups -OCH3 is 1. The van der Waals surface area contributed by atoms with E-state index in [4.69, 9.17) is 14.2 Å². The maximum Gasteiger partial charge on any atom is 0.196 e. The fourth-order valence-corrected chi connectivity index (χ4v) is 1.11. The Hall–Kier alpha value is -1.22. The third-order valence-electron chi connectivity index (χ3n) is 1.76. The van der Waals surface area contributed by atoms with Crippen molar-refractivity contribution in [3.05, 3.63) is 24.3 Å². The van der Waals surface area contributed by atoms with E-state index in [1.54, 1.807) is 7.11 Å². The minimum Gasteiger partial charge on any atom is -0.497 e. The third-order valence-corrected chi connectivity index (χ3v) is 1.76. The van der Waals surface area contributed by atoms with Crippen molar-refractivity contribution in [2.45, 2.75) is 20.1 Å². The predicted molar refractivity (Wildman–Crippen MR) is 54.7 cm³/mol. The molecule has 0 aliphatic carbocycles. The maximum absolute atomic E-state index is 5.48. The molecule has 1 aromatic carbocycles. The Labute approximate surface area is 84.6 Å². The van der Waals surface area contributed by atoms with E-state index in [2.05, 4.69) is 0 Å². The number of hydrogen-bond acceptors (Lipinski definition) is 3. The summed E-state index contributed by atoms with van der Waals surface area (Å²) in [5.41, 5.74) is 0. The average molecular weight is 196 g/mol. The smallest absolute Gasteiger partial charge is 0.196 e. The standard InChI is InChI=1S/C11H16O3/c1-4-13-9(2)14-11-7-5-10(12-3)6-8-11/h5-9H,4H2,1-3H3. The lowest BCUT2D eigenvalue weighted by Gasteiger charge is -2.14. The van der Waals surface area contributed by atoms with Crippen molar-refractivity contribution in [2.24, 2.45) is 0 Å². The van der Waals surface area contributed by atoms with Gasteiger partial charge in [0, 0.05) is 6.61 Å². The van der Waals surface area contributed by atoms with Gasteiger partial charge in [0.15, 0.2) is 6.29 Å². The van der Waals surface area contributed by atoms with Gasteiger partial charge in [-0.05, 0) is 38.1 Å². The van der Waals surface area contributed by atoms with Crippen LogP contribution in [0.15, 0.2) is 24.3 Å². The van der Waals surface area contributed by atoms with E-state index >= 15 is 0 Å². The predicted octanol–water partition coefficient (Wildman–Crippen LogP) is 2.46. The first-order valence-electron chi connectivity index (χ1n) is 4.68. The molecule has 0 saturated carbocycles. The van der Waals surface area contributed by atoms with Crippen LogP contribution >= 0.6 is 0 Å². The Kier molecular flexibility index (Phi) is 4.26. The van der Waals surface area contributed by atoms with Gasteiger partial charge < -0.3 is 14.2 Å². The molecule has 0 bridgehead atoms. The molecule has 14 heavy (non-hydrogen) atoms. The molecule has 3 nitrogen and oxygen atoms in total. The van der Waals surface area contributed by atoms with Gasteiger partial charge in [-0.1, -0.05) is 0 Å². The van der Waals surface area contributed by atoms with Gasteiger partial charge in [0.2, 0.25) is 0 Å². The van der Waals surface area contributed by atoms with Crippen LogP contribution in [0, 0.1) is 0 Å². The summed E-state index contributed by atoms with van der Waals surface area (Å²) < 4.78 is 15.8. The highest BCUT2D eigenvalue weighted by atomic mass is 16.7. The van der Waals surface area contributed by atoms with E-state index in [1.165, 1.54) is 0 Å². The fraction of sp³-hybridized carbons (Fsp3) is 0.455. The number of rotatable bonds is 5. The zero-order chi connectivity index (χ0) is 10.4. The molecule has 78 valence electrons. The second-order valence-electron chi connectivity index (χ2n) is 2.82. The van der Waals surface area contributed by atoms with E-state index in [0.717, 1.165) is 11.5 Å². The van der Waals surface area contributed by atoms with Gasteiger partial charge in [-0.25, -0.2) is 0 Å². The molecule has 0 aliphatic rings. The van der Waals surface area contributed by atoms with Crippen LogP contribution in [0.25, 0.3) is 0 Å². The number of hydrogen-bond donors (Lipinski definition) is 0. The quantitative estimate of drug-likeness (QED) is 0.677. The van der Waals surface area contributed by atoms with Crippen molar-refractivity contribution in [2.75, 3.05) is 13.7 Å². The number of benzene rings is 1. The summed E-state index contributed by atoms with van der Waals surface area (Å²) in [5.74, 6) is 1.60. The molecule has 0 N–H and O–H groups in total. The van der Waals surface area contributed by atoms with Gasteiger partial charge in [0.1, 0.15) is 11.5 Å². The van der Waals surface area contributed by atoms with Crippen LogP contribution in [-0.4, -0.2) is 20.0 Å². The van der Waals surface area contributed by atoms with Gasteiger partial charge in [0.25, 0.3) is 0 Å². The molecule has 0 spiro atoms. The lowest BCUT2D eigenvalue weighted by molar-refractivity contribution is -0.0613. The highest BCUT2D eigenvalue weighted by Crippen LogP contribution is 2.18. The Balaban J connectivity index is 2.50. The molecule has 0 saturated heterocycles. The zero-order valence-corrected chi connectivity index (χ0v) is 8.82. The van der Waals surface area contributed by atoms with Crippen LogP contribution < -0.4 is 9.47 Å². The Morgan fingerprint density at radius 2 is 1.71 bits per heavy atom. The summed E-state index contributed by atoms with van der Waals surface area (Å²) in [6.45, 7) is 4.46. The molecule has 1 aromatic rings. The second kappa shape index (κ2) is 5.50. The summed E-state index contributed by atoms with van der Waals surface area (Å²) in [6, 6.07) is 7.42. The molecule has 0 aromatic heterocycles. The van der Waals surface area contributed by atoms with Crippen LogP contribution in [0.5, 0.6) is 11.5 Å². The molecular formula is C11H16O3. The van der Waals surface area contributed by atoms with Crippen molar-refractivity contribution in [1.82, 2.24) is 0 Å². The van der Waals surface area contributed by atoms with E-state index in [9.17, 15) is 0 Å². The second-order valence-corrected chi connectivity index (χ2v) is 2.82. The molecule has 0 aliphatic heterocycles. The molecule has 0 heterocycles. The Morgan fingerprint density at radius 3 is 2.21 bits per heavy atom. The summed E-state index contributed by atoms with van der Waals surface area (Å²) in [7, 11) is 1.64. The van der Waals surface area contributed by atoms with E-state index in [0.29, 0.717) is 6.61 Å². The lowest BCUT2D eigenvalue weighted by atomic mass is 10.3. The summed E-state index contributed by atoms with van der Waals surface area (Å²) in [6.07, 6.45) is -0.214. The van der Waals surface area contributed by atoms with Crippen molar-refractivity contribution in [3.63, 3.8) is 0 Å². The van der Waals surface area contributed by atoms with Crippen LogP contribution in [-0.2, 0) is 4.74 Å². The first-order valence-corrected chi connectivity index (χ1v) is 4.68. The molecule has 1 rings (SSSR count). The SMILES string of the molecule is CCOC(C)Oc1ccc(OC)cc1. The first-order chi connectivity index (χ1) is 6.76. The highest BCUT2D eigenvalue weighted by Gasteiger charge is 2.02. The number of ether oxygens (including phenoxy) is 3. The summed E-state index contributed by atoms with van der Waals surface area (Å²) >= 11 is 0. The Bertz CT molecular complexity index is 256. The van der Waals surface area contributed by atoms with E-state index in [-0.39, 0.29) is 6.29 Å². The van der Waals surface area contributed by atoms with E-state index < -0.39 is 0 Å². The van der Waals surface area contributed by atoms with Crippen LogP contribution in [0.2, 0.25) is 0 Å². The highest BCUT2D eigenvalue weighted by molar-refractivity contribution is 5.31. The summed E-state index contributed by atoms with van der Waals surface area (Å²) in [5, 5.41) is 0. The van der Waals surface area contributed by atoms with Gasteiger partial charge in [-0.3, -0.25) is 0 Å². The minimum absolute atomic E-state index is 0.214. The zero-order valence-electron chi connectivity index (χ0n) is 8.82. The third kappa shape index (κ3) is 3.26. The van der Waals surface area contributed by atoms with E-state index in [1.807, 2.05) is 38.1 Å². The summed E-state index contributed by atoms with van der Waals surface area (Å²) in [4.78, 5) is 0. The molecule has 3 heteroatoms. The molecule has 1 unspecified atom stereocenters. The average Bonchev–Trinajstić information content (AvgIpc) is 2.19. The normalized spacial score (nSPS) is 12.2. The molecular weight excluding hydrogens is 180 g/mol. The van der Waals surface area contributed by atoms with Crippen molar-refractivity contribution in [1.29, 1.82) is 0 Å². The topological polar surface area (TPSA) is 27.7 Å². The van der Waals surface area contributed by atoms with Crippen LogP contribution in [0.1, 0.15) is 13.8 Å². The monoisotopic (exact) mass is 196 g/mol. The first kappa shape index (κ1) is 10.9. The fourth-order valence-electron chi connectivity index (χ4n) is 1.11. The van der Waals surface area contributed by atoms with Crippen molar-refractivity contribution in [3.8, 4) is 11.5 Å².